The van der Waals surface area contributed by atoms with Gasteiger partial charge >= 0.3 is 0 Å². The Balaban J connectivity index is 1.81. The van der Waals surface area contributed by atoms with Crippen molar-refractivity contribution >= 4 is 11.3 Å². The first-order valence-corrected chi connectivity index (χ1v) is 9.20. The van der Waals surface area contributed by atoms with E-state index in [1.807, 2.05) is 38.1 Å². The fourth-order valence-corrected chi connectivity index (χ4v) is 3.99. The molecule has 1 N–H and O–H groups in total. The Morgan fingerprint density at radius 1 is 1.33 bits per heavy atom. The monoisotopic (exact) mass is 346 g/mol. The smallest absolute Gasteiger partial charge is 0.123 e. The Hall–Kier alpha value is -1.40. The van der Waals surface area contributed by atoms with Gasteiger partial charge in [0.05, 0.1) is 5.60 Å². The third-order valence-electron chi connectivity index (χ3n) is 4.33. The second-order valence-corrected chi connectivity index (χ2v) is 8.00. The fraction of sp³-hybridized carbons (Fsp3) is 0.474. The molecule has 1 aliphatic rings. The molecule has 0 bridgehead atoms. The summed E-state index contributed by atoms with van der Waals surface area (Å²) in [5, 5.41) is 12.9. The van der Waals surface area contributed by atoms with E-state index in [-0.39, 0.29) is 0 Å². The average Bonchev–Trinajstić information content (AvgIpc) is 2.91. The lowest BCUT2D eigenvalue weighted by atomic mass is 9.93. The van der Waals surface area contributed by atoms with Gasteiger partial charge in [-0.15, -0.1) is 11.3 Å². The molecule has 24 heavy (non-hydrogen) atoms. The van der Waals surface area contributed by atoms with E-state index in [9.17, 15) is 5.11 Å². The molecule has 4 nitrogen and oxygen atoms in total. The van der Waals surface area contributed by atoms with Crippen molar-refractivity contribution in [3.05, 3.63) is 51.7 Å². The van der Waals surface area contributed by atoms with Gasteiger partial charge < -0.3 is 14.7 Å². The van der Waals surface area contributed by atoms with Crippen molar-refractivity contribution in [1.29, 1.82) is 0 Å². The lowest BCUT2D eigenvalue weighted by molar-refractivity contribution is 0.0299. The molecular weight excluding hydrogens is 320 g/mol. The standard InChI is InChI=1S/C19H26N2O2S/c1-19(22,14-20(2)3)16-6-7-18-15(11-16)12-21(8-9-23-18)13-17-5-4-10-24-17/h4-7,10-11,22H,8-9,12-14H2,1-3H3. The topological polar surface area (TPSA) is 35.9 Å². The molecule has 2 aromatic rings. The predicted molar refractivity (Wildman–Crippen MR) is 98.5 cm³/mol. The van der Waals surface area contributed by atoms with E-state index in [2.05, 4.69) is 28.5 Å². The highest BCUT2D eigenvalue weighted by molar-refractivity contribution is 7.09. The number of fused-ring (bicyclic) bond motifs is 1. The van der Waals surface area contributed by atoms with Crippen molar-refractivity contribution in [3.8, 4) is 5.75 Å². The Bertz CT molecular complexity index is 668. The number of benzene rings is 1. The predicted octanol–water partition coefficient (Wildman–Crippen LogP) is 2.91. The first-order chi connectivity index (χ1) is 11.4. The highest BCUT2D eigenvalue weighted by Gasteiger charge is 2.26. The third-order valence-corrected chi connectivity index (χ3v) is 5.19. The second-order valence-electron chi connectivity index (χ2n) is 6.97. The molecule has 0 fully saturated rings. The molecule has 1 unspecified atom stereocenters. The summed E-state index contributed by atoms with van der Waals surface area (Å²) in [5.74, 6) is 0.938. The molecule has 130 valence electrons. The summed E-state index contributed by atoms with van der Waals surface area (Å²) in [4.78, 5) is 5.78. The largest absolute Gasteiger partial charge is 0.492 e. The number of nitrogens with zero attached hydrogens (tertiary/aromatic N) is 2. The van der Waals surface area contributed by atoms with Crippen molar-refractivity contribution in [1.82, 2.24) is 9.80 Å². The van der Waals surface area contributed by atoms with Gasteiger partial charge in [0.2, 0.25) is 0 Å². The zero-order valence-corrected chi connectivity index (χ0v) is 15.5. The average molecular weight is 346 g/mol. The maximum atomic E-state index is 10.8. The summed E-state index contributed by atoms with van der Waals surface area (Å²) in [7, 11) is 3.95. The lowest BCUT2D eigenvalue weighted by Gasteiger charge is -2.28. The van der Waals surface area contributed by atoms with Gasteiger partial charge in [0, 0.05) is 36.6 Å². The van der Waals surface area contributed by atoms with Crippen LogP contribution in [0.25, 0.3) is 0 Å². The van der Waals surface area contributed by atoms with E-state index in [4.69, 9.17) is 4.74 Å². The molecular formula is C19H26N2O2S. The van der Waals surface area contributed by atoms with E-state index < -0.39 is 5.60 Å². The molecule has 0 spiro atoms. The number of hydrogen-bond acceptors (Lipinski definition) is 5. The summed E-state index contributed by atoms with van der Waals surface area (Å²) in [6, 6.07) is 10.4. The van der Waals surface area contributed by atoms with E-state index in [1.165, 1.54) is 4.88 Å². The first-order valence-electron chi connectivity index (χ1n) is 8.32. The molecule has 0 saturated carbocycles. The highest BCUT2D eigenvalue weighted by Crippen LogP contribution is 2.30. The van der Waals surface area contributed by atoms with Crippen molar-refractivity contribution in [2.75, 3.05) is 33.8 Å². The number of ether oxygens (including phenoxy) is 1. The number of rotatable bonds is 5. The van der Waals surface area contributed by atoms with Crippen molar-refractivity contribution in [2.45, 2.75) is 25.6 Å². The quantitative estimate of drug-likeness (QED) is 0.903. The van der Waals surface area contributed by atoms with Crippen molar-refractivity contribution in [3.63, 3.8) is 0 Å². The van der Waals surface area contributed by atoms with E-state index >= 15 is 0 Å². The number of likely N-dealkylation sites (N-methyl/N-ethyl adjacent to an activating group) is 1. The van der Waals surface area contributed by atoms with Gasteiger partial charge in [0.1, 0.15) is 12.4 Å². The Morgan fingerprint density at radius 2 is 2.17 bits per heavy atom. The van der Waals surface area contributed by atoms with Crippen LogP contribution in [0.15, 0.2) is 35.7 Å². The molecule has 1 aliphatic heterocycles. The van der Waals surface area contributed by atoms with Crippen LogP contribution in [0.2, 0.25) is 0 Å². The molecule has 0 saturated heterocycles. The van der Waals surface area contributed by atoms with Gasteiger partial charge in [-0.3, -0.25) is 4.90 Å². The summed E-state index contributed by atoms with van der Waals surface area (Å²) < 4.78 is 5.92. The maximum Gasteiger partial charge on any atom is 0.123 e. The zero-order valence-electron chi connectivity index (χ0n) is 14.7. The molecule has 0 radical (unpaired) electrons. The SMILES string of the molecule is CN(C)CC(C)(O)c1ccc2c(c1)CN(Cc1cccs1)CCO2. The molecule has 0 amide bonds. The Morgan fingerprint density at radius 3 is 2.88 bits per heavy atom. The van der Waals surface area contributed by atoms with Gasteiger partial charge in [-0.05, 0) is 50.2 Å². The summed E-state index contributed by atoms with van der Waals surface area (Å²) >= 11 is 1.79. The van der Waals surface area contributed by atoms with Crippen LogP contribution in [0.4, 0.5) is 0 Å². The van der Waals surface area contributed by atoms with Crippen LogP contribution in [-0.2, 0) is 18.7 Å². The van der Waals surface area contributed by atoms with E-state index in [0.29, 0.717) is 13.2 Å². The first kappa shape index (κ1) is 17.4. The third kappa shape index (κ3) is 4.16. The van der Waals surface area contributed by atoms with Gasteiger partial charge in [0.15, 0.2) is 0 Å². The molecule has 1 aromatic heterocycles. The van der Waals surface area contributed by atoms with Gasteiger partial charge in [0.25, 0.3) is 0 Å². The van der Waals surface area contributed by atoms with Gasteiger partial charge in [-0.25, -0.2) is 0 Å². The van der Waals surface area contributed by atoms with Gasteiger partial charge in [-0.2, -0.15) is 0 Å². The molecule has 1 atom stereocenters. The molecule has 2 heterocycles. The number of aliphatic hydroxyl groups is 1. The lowest BCUT2D eigenvalue weighted by Crippen LogP contribution is -2.34. The minimum Gasteiger partial charge on any atom is -0.492 e. The van der Waals surface area contributed by atoms with Crippen molar-refractivity contribution < 1.29 is 9.84 Å². The van der Waals surface area contributed by atoms with Crippen LogP contribution >= 0.6 is 11.3 Å². The normalized spacial score (nSPS) is 17.9. The molecule has 5 heteroatoms. The van der Waals surface area contributed by atoms with Crippen LogP contribution in [0.3, 0.4) is 0 Å². The van der Waals surface area contributed by atoms with Crippen LogP contribution in [-0.4, -0.2) is 48.7 Å². The Labute approximate surface area is 148 Å². The van der Waals surface area contributed by atoms with Gasteiger partial charge in [-0.1, -0.05) is 12.1 Å². The molecule has 1 aromatic carbocycles. The minimum absolute atomic E-state index is 0.589. The van der Waals surface area contributed by atoms with Crippen LogP contribution < -0.4 is 4.74 Å². The van der Waals surface area contributed by atoms with Crippen LogP contribution in [0.1, 0.15) is 22.9 Å². The minimum atomic E-state index is -0.872. The Kier molecular flexibility index (Phi) is 5.25. The van der Waals surface area contributed by atoms with E-state index in [0.717, 1.165) is 36.5 Å². The second kappa shape index (κ2) is 7.23. The fourth-order valence-electron chi connectivity index (χ4n) is 3.25. The molecule has 0 aliphatic carbocycles. The van der Waals surface area contributed by atoms with Crippen LogP contribution in [0.5, 0.6) is 5.75 Å². The summed E-state index contributed by atoms with van der Waals surface area (Å²) in [5.41, 5.74) is 1.22. The van der Waals surface area contributed by atoms with E-state index in [1.54, 1.807) is 11.3 Å². The number of hydrogen-bond donors (Lipinski definition) is 1. The highest BCUT2D eigenvalue weighted by atomic mass is 32.1. The van der Waals surface area contributed by atoms with Crippen LogP contribution in [0, 0.1) is 0 Å². The number of thiophene rings is 1. The van der Waals surface area contributed by atoms with Crippen molar-refractivity contribution in [2.24, 2.45) is 0 Å². The summed E-state index contributed by atoms with van der Waals surface area (Å²) in [6.45, 7) is 5.86. The maximum absolute atomic E-state index is 10.8. The zero-order chi connectivity index (χ0) is 17.2. The summed E-state index contributed by atoms with van der Waals surface area (Å²) in [6.07, 6.45) is 0. The molecule has 3 rings (SSSR count).